The van der Waals surface area contributed by atoms with E-state index in [9.17, 15) is 4.79 Å². The van der Waals surface area contributed by atoms with Gasteiger partial charge in [0.05, 0.1) is 6.20 Å². The highest BCUT2D eigenvalue weighted by Gasteiger charge is 2.22. The minimum atomic E-state index is -0.0232. The highest BCUT2D eigenvalue weighted by atomic mass is 16.2. The highest BCUT2D eigenvalue weighted by molar-refractivity contribution is 5.91. The average Bonchev–Trinajstić information content (AvgIpc) is 2.83. The van der Waals surface area contributed by atoms with Gasteiger partial charge in [0.2, 0.25) is 0 Å². The van der Waals surface area contributed by atoms with E-state index in [0.717, 1.165) is 39.1 Å². The number of H-pyrrole nitrogens is 1. The molecule has 0 saturated carbocycles. The molecule has 1 aliphatic rings. The summed E-state index contributed by atoms with van der Waals surface area (Å²) in [6.07, 6.45) is 2.64. The van der Waals surface area contributed by atoms with Crippen LogP contribution in [-0.4, -0.2) is 63.8 Å². The SMILES string of the molecule is CCCN1CCN(C(=O)c2cn[nH]n2)CC1. The van der Waals surface area contributed by atoms with Crippen LogP contribution in [0.15, 0.2) is 6.20 Å². The van der Waals surface area contributed by atoms with Gasteiger partial charge >= 0.3 is 0 Å². The molecule has 1 fully saturated rings. The third-order valence-electron chi connectivity index (χ3n) is 2.83. The summed E-state index contributed by atoms with van der Waals surface area (Å²) in [5.41, 5.74) is 0.406. The lowest BCUT2D eigenvalue weighted by molar-refractivity contribution is 0.0631. The van der Waals surface area contributed by atoms with Gasteiger partial charge in [0.15, 0.2) is 5.69 Å². The Bertz CT molecular complexity index is 329. The number of amides is 1. The van der Waals surface area contributed by atoms with Crippen molar-refractivity contribution in [3.63, 3.8) is 0 Å². The van der Waals surface area contributed by atoms with Crippen molar-refractivity contribution in [3.05, 3.63) is 11.9 Å². The van der Waals surface area contributed by atoms with Gasteiger partial charge in [0.1, 0.15) is 0 Å². The van der Waals surface area contributed by atoms with Gasteiger partial charge in [-0.2, -0.15) is 15.4 Å². The monoisotopic (exact) mass is 223 g/mol. The Labute approximate surface area is 94.6 Å². The Morgan fingerprint density at radius 2 is 2.19 bits per heavy atom. The fraction of sp³-hybridized carbons (Fsp3) is 0.700. The Kier molecular flexibility index (Phi) is 3.51. The molecule has 0 atom stereocenters. The molecule has 1 aromatic heterocycles. The molecule has 1 aromatic rings. The van der Waals surface area contributed by atoms with Crippen LogP contribution in [-0.2, 0) is 0 Å². The Balaban J connectivity index is 1.87. The van der Waals surface area contributed by atoms with E-state index in [-0.39, 0.29) is 5.91 Å². The van der Waals surface area contributed by atoms with Crippen molar-refractivity contribution < 1.29 is 4.79 Å². The summed E-state index contributed by atoms with van der Waals surface area (Å²) in [5.74, 6) is -0.0232. The summed E-state index contributed by atoms with van der Waals surface area (Å²) >= 11 is 0. The Morgan fingerprint density at radius 1 is 1.44 bits per heavy atom. The first-order chi connectivity index (χ1) is 7.81. The predicted octanol–water partition coefficient (Wildman–Crippen LogP) is -0.0275. The van der Waals surface area contributed by atoms with E-state index in [1.165, 1.54) is 6.20 Å². The molecular formula is C10H17N5O. The maximum atomic E-state index is 11.9. The molecule has 1 saturated heterocycles. The van der Waals surface area contributed by atoms with Gasteiger partial charge in [-0.15, -0.1) is 0 Å². The van der Waals surface area contributed by atoms with Crippen LogP contribution in [0.5, 0.6) is 0 Å². The van der Waals surface area contributed by atoms with Crippen molar-refractivity contribution in [2.24, 2.45) is 0 Å². The first-order valence-electron chi connectivity index (χ1n) is 5.68. The van der Waals surface area contributed by atoms with Gasteiger partial charge in [-0.1, -0.05) is 6.92 Å². The number of carbonyl (C=O) groups is 1. The lowest BCUT2D eigenvalue weighted by atomic mass is 10.2. The van der Waals surface area contributed by atoms with Crippen LogP contribution in [0.4, 0.5) is 0 Å². The number of piperazine rings is 1. The fourth-order valence-corrected chi connectivity index (χ4v) is 1.96. The second-order valence-electron chi connectivity index (χ2n) is 3.99. The summed E-state index contributed by atoms with van der Waals surface area (Å²) in [7, 11) is 0. The van der Waals surface area contributed by atoms with Crippen molar-refractivity contribution >= 4 is 5.91 Å². The van der Waals surface area contributed by atoms with Crippen molar-refractivity contribution in [3.8, 4) is 0 Å². The number of nitrogens with one attached hydrogen (secondary N) is 1. The largest absolute Gasteiger partial charge is 0.335 e. The molecule has 2 heterocycles. The average molecular weight is 223 g/mol. The molecule has 2 rings (SSSR count). The van der Waals surface area contributed by atoms with Crippen LogP contribution in [0.25, 0.3) is 0 Å². The minimum Gasteiger partial charge on any atom is -0.335 e. The Hall–Kier alpha value is -1.43. The topological polar surface area (TPSA) is 65.1 Å². The van der Waals surface area contributed by atoms with E-state index in [2.05, 4.69) is 27.2 Å². The zero-order valence-electron chi connectivity index (χ0n) is 9.52. The smallest absolute Gasteiger partial charge is 0.276 e. The van der Waals surface area contributed by atoms with Crippen LogP contribution in [0.3, 0.4) is 0 Å². The third kappa shape index (κ3) is 2.38. The van der Waals surface area contributed by atoms with Gasteiger partial charge in [0, 0.05) is 26.2 Å². The van der Waals surface area contributed by atoms with Crippen LogP contribution in [0.1, 0.15) is 23.8 Å². The summed E-state index contributed by atoms with van der Waals surface area (Å²) in [4.78, 5) is 16.1. The van der Waals surface area contributed by atoms with Crippen molar-refractivity contribution in [1.82, 2.24) is 25.2 Å². The molecule has 1 amide bonds. The van der Waals surface area contributed by atoms with Crippen LogP contribution in [0.2, 0.25) is 0 Å². The summed E-state index contributed by atoms with van der Waals surface area (Å²) in [6, 6.07) is 0. The van der Waals surface area contributed by atoms with E-state index in [1.807, 2.05) is 4.90 Å². The van der Waals surface area contributed by atoms with Crippen molar-refractivity contribution in [1.29, 1.82) is 0 Å². The molecule has 0 spiro atoms. The van der Waals surface area contributed by atoms with Gasteiger partial charge in [-0.25, -0.2) is 0 Å². The predicted molar refractivity (Wildman–Crippen MR) is 59.0 cm³/mol. The van der Waals surface area contributed by atoms with Gasteiger partial charge in [-0.05, 0) is 13.0 Å². The second-order valence-corrected chi connectivity index (χ2v) is 3.99. The molecule has 0 bridgehead atoms. The third-order valence-corrected chi connectivity index (χ3v) is 2.83. The summed E-state index contributed by atoms with van der Waals surface area (Å²) < 4.78 is 0. The van der Waals surface area contributed by atoms with E-state index >= 15 is 0 Å². The van der Waals surface area contributed by atoms with E-state index in [4.69, 9.17) is 0 Å². The molecule has 0 radical (unpaired) electrons. The quantitative estimate of drug-likeness (QED) is 0.781. The van der Waals surface area contributed by atoms with Crippen molar-refractivity contribution in [2.75, 3.05) is 32.7 Å². The molecule has 0 unspecified atom stereocenters. The molecule has 1 N–H and O–H groups in total. The maximum Gasteiger partial charge on any atom is 0.276 e. The second kappa shape index (κ2) is 5.07. The van der Waals surface area contributed by atoms with Crippen molar-refractivity contribution in [2.45, 2.75) is 13.3 Å². The highest BCUT2D eigenvalue weighted by Crippen LogP contribution is 2.06. The molecule has 16 heavy (non-hydrogen) atoms. The first-order valence-corrected chi connectivity index (χ1v) is 5.68. The van der Waals surface area contributed by atoms with Crippen LogP contribution >= 0.6 is 0 Å². The minimum absolute atomic E-state index is 0.0232. The molecule has 6 nitrogen and oxygen atoms in total. The number of aromatic nitrogens is 3. The van der Waals surface area contributed by atoms with E-state index < -0.39 is 0 Å². The lowest BCUT2D eigenvalue weighted by Crippen LogP contribution is -2.48. The molecule has 6 heteroatoms. The molecule has 1 aliphatic heterocycles. The van der Waals surface area contributed by atoms with Gasteiger partial charge in [-0.3, -0.25) is 9.69 Å². The summed E-state index contributed by atoms with van der Waals surface area (Å²) in [6.45, 7) is 6.77. The number of hydrogen-bond donors (Lipinski definition) is 1. The number of nitrogens with zero attached hydrogens (tertiary/aromatic N) is 4. The molecular weight excluding hydrogens is 206 g/mol. The van der Waals surface area contributed by atoms with Crippen LogP contribution < -0.4 is 0 Å². The van der Waals surface area contributed by atoms with E-state index in [1.54, 1.807) is 0 Å². The Morgan fingerprint density at radius 3 is 2.75 bits per heavy atom. The van der Waals surface area contributed by atoms with Crippen LogP contribution in [0, 0.1) is 0 Å². The zero-order valence-corrected chi connectivity index (χ0v) is 9.52. The lowest BCUT2D eigenvalue weighted by Gasteiger charge is -2.34. The number of aromatic amines is 1. The molecule has 0 aromatic carbocycles. The summed E-state index contributed by atoms with van der Waals surface area (Å²) in [5, 5.41) is 9.92. The van der Waals surface area contributed by atoms with Gasteiger partial charge in [0.25, 0.3) is 5.91 Å². The maximum absolute atomic E-state index is 11.9. The fourth-order valence-electron chi connectivity index (χ4n) is 1.96. The molecule has 88 valence electrons. The van der Waals surface area contributed by atoms with Gasteiger partial charge < -0.3 is 4.90 Å². The zero-order chi connectivity index (χ0) is 11.4. The number of carbonyl (C=O) groups excluding carboxylic acids is 1. The first kappa shape index (κ1) is 11.1. The standard InChI is InChI=1S/C10H17N5O/c1-2-3-14-4-6-15(7-5-14)10(16)9-8-11-13-12-9/h8H,2-7H2,1H3,(H,11,12,13). The molecule has 0 aliphatic carbocycles. The van der Waals surface area contributed by atoms with E-state index in [0.29, 0.717) is 5.69 Å². The normalized spacial score (nSPS) is 17.7. The number of hydrogen-bond acceptors (Lipinski definition) is 4. The number of rotatable bonds is 3.